The number of thiophene rings is 1. The molecule has 134 valence electrons. The predicted molar refractivity (Wildman–Crippen MR) is 96.7 cm³/mol. The second-order valence-electron chi connectivity index (χ2n) is 6.09. The SMILES string of the molecule is Cc1ccc(C(=O)NCCC(=O)NCC(C)(O)c2ccsc2)c(O)c1. The quantitative estimate of drug-likeness (QED) is 0.605. The number of phenolic OH excluding ortho intramolecular Hbond substituents is 1. The first kappa shape index (κ1) is 19.0. The molecule has 1 aromatic heterocycles. The van der Waals surface area contributed by atoms with Gasteiger partial charge in [0.25, 0.3) is 5.91 Å². The zero-order chi connectivity index (χ0) is 18.4. The molecule has 4 N–H and O–H groups in total. The van der Waals surface area contributed by atoms with Gasteiger partial charge < -0.3 is 20.8 Å². The fourth-order valence-corrected chi connectivity index (χ4v) is 3.03. The molecule has 0 bridgehead atoms. The van der Waals surface area contributed by atoms with Crippen LogP contribution in [0.5, 0.6) is 5.75 Å². The molecule has 0 saturated carbocycles. The highest BCUT2D eigenvalue weighted by Gasteiger charge is 2.24. The Bertz CT molecular complexity index is 742. The molecular weight excluding hydrogens is 340 g/mol. The number of aliphatic hydroxyl groups is 1. The first-order valence-corrected chi connectivity index (χ1v) is 8.83. The number of hydrogen-bond acceptors (Lipinski definition) is 5. The number of nitrogens with one attached hydrogen (secondary N) is 2. The Balaban J connectivity index is 1.76. The standard InChI is InChI=1S/C18H22N2O4S/c1-12-3-4-14(15(21)9-12)17(23)19-7-5-16(22)20-11-18(2,24)13-6-8-25-10-13/h3-4,6,8-10,21,24H,5,7,11H2,1-2H3,(H,19,23)(H,20,22). The topological polar surface area (TPSA) is 98.7 Å². The van der Waals surface area contributed by atoms with E-state index in [1.165, 1.54) is 23.5 Å². The van der Waals surface area contributed by atoms with E-state index in [0.29, 0.717) is 0 Å². The van der Waals surface area contributed by atoms with Gasteiger partial charge in [-0.05, 0) is 53.9 Å². The van der Waals surface area contributed by atoms with Crippen LogP contribution in [-0.2, 0) is 10.4 Å². The normalized spacial score (nSPS) is 13.1. The molecule has 0 aliphatic rings. The molecule has 1 unspecified atom stereocenters. The lowest BCUT2D eigenvalue weighted by molar-refractivity contribution is -0.122. The molecule has 2 amide bonds. The van der Waals surface area contributed by atoms with Crippen LogP contribution in [0.15, 0.2) is 35.0 Å². The lowest BCUT2D eigenvalue weighted by Gasteiger charge is -2.22. The number of aryl methyl sites for hydroxylation is 1. The molecule has 0 fully saturated rings. The molecule has 7 heteroatoms. The smallest absolute Gasteiger partial charge is 0.255 e. The van der Waals surface area contributed by atoms with E-state index in [1.807, 2.05) is 23.8 Å². The number of benzene rings is 1. The van der Waals surface area contributed by atoms with E-state index >= 15 is 0 Å². The van der Waals surface area contributed by atoms with Crippen LogP contribution in [0.25, 0.3) is 0 Å². The van der Waals surface area contributed by atoms with Crippen molar-refractivity contribution in [1.29, 1.82) is 0 Å². The second-order valence-corrected chi connectivity index (χ2v) is 6.87. The van der Waals surface area contributed by atoms with Crippen LogP contribution in [0.1, 0.15) is 34.8 Å². The van der Waals surface area contributed by atoms with Crippen molar-refractivity contribution in [3.8, 4) is 5.75 Å². The zero-order valence-electron chi connectivity index (χ0n) is 14.2. The third-order valence-electron chi connectivity index (χ3n) is 3.81. The van der Waals surface area contributed by atoms with Crippen molar-refractivity contribution in [2.75, 3.05) is 13.1 Å². The third kappa shape index (κ3) is 5.30. The Hall–Kier alpha value is -2.38. The Morgan fingerprint density at radius 2 is 2.00 bits per heavy atom. The number of rotatable bonds is 7. The summed E-state index contributed by atoms with van der Waals surface area (Å²) in [5.41, 5.74) is 0.644. The van der Waals surface area contributed by atoms with Crippen molar-refractivity contribution in [2.24, 2.45) is 0 Å². The van der Waals surface area contributed by atoms with Gasteiger partial charge in [0.2, 0.25) is 5.91 Å². The van der Waals surface area contributed by atoms with E-state index in [-0.39, 0.29) is 36.7 Å². The highest BCUT2D eigenvalue weighted by molar-refractivity contribution is 7.08. The van der Waals surface area contributed by atoms with Crippen LogP contribution in [0.2, 0.25) is 0 Å². The molecule has 2 aromatic rings. The maximum atomic E-state index is 12.0. The third-order valence-corrected chi connectivity index (χ3v) is 4.49. The van der Waals surface area contributed by atoms with Crippen molar-refractivity contribution < 1.29 is 19.8 Å². The minimum atomic E-state index is -1.13. The summed E-state index contributed by atoms with van der Waals surface area (Å²) in [4.78, 5) is 23.9. The minimum Gasteiger partial charge on any atom is -0.507 e. The molecule has 0 spiro atoms. The summed E-state index contributed by atoms with van der Waals surface area (Å²) in [6, 6.07) is 6.59. The van der Waals surface area contributed by atoms with E-state index in [4.69, 9.17) is 0 Å². The molecule has 1 atom stereocenters. The monoisotopic (exact) mass is 362 g/mol. The molecule has 1 aromatic carbocycles. The number of carbonyl (C=O) groups is 2. The van der Waals surface area contributed by atoms with E-state index < -0.39 is 11.5 Å². The lowest BCUT2D eigenvalue weighted by Crippen LogP contribution is -2.39. The van der Waals surface area contributed by atoms with Crippen molar-refractivity contribution in [3.05, 3.63) is 51.7 Å². The summed E-state index contributed by atoms with van der Waals surface area (Å²) in [6.07, 6.45) is 0.0814. The average Bonchev–Trinajstić information content (AvgIpc) is 3.08. The minimum absolute atomic E-state index is 0.0814. The van der Waals surface area contributed by atoms with Gasteiger partial charge in [0.05, 0.1) is 12.1 Å². The van der Waals surface area contributed by atoms with Crippen molar-refractivity contribution in [1.82, 2.24) is 10.6 Å². The van der Waals surface area contributed by atoms with Crippen molar-refractivity contribution in [2.45, 2.75) is 25.9 Å². The molecule has 6 nitrogen and oxygen atoms in total. The predicted octanol–water partition coefficient (Wildman–Crippen LogP) is 1.91. The molecule has 25 heavy (non-hydrogen) atoms. The highest BCUT2D eigenvalue weighted by atomic mass is 32.1. The fraction of sp³-hybridized carbons (Fsp3) is 0.333. The molecule has 0 saturated heterocycles. The Morgan fingerprint density at radius 1 is 1.24 bits per heavy atom. The van der Waals surface area contributed by atoms with Crippen LogP contribution in [0.4, 0.5) is 0 Å². The van der Waals surface area contributed by atoms with Gasteiger partial charge in [-0.1, -0.05) is 6.07 Å². The summed E-state index contributed by atoms with van der Waals surface area (Å²) < 4.78 is 0. The van der Waals surface area contributed by atoms with Gasteiger partial charge in [0.15, 0.2) is 0 Å². The zero-order valence-corrected chi connectivity index (χ0v) is 15.0. The van der Waals surface area contributed by atoms with Gasteiger partial charge in [-0.15, -0.1) is 0 Å². The van der Waals surface area contributed by atoms with Gasteiger partial charge in [-0.2, -0.15) is 11.3 Å². The number of carbonyl (C=O) groups excluding carboxylic acids is 2. The summed E-state index contributed by atoms with van der Waals surface area (Å²) in [5.74, 6) is -0.798. The number of amides is 2. The number of phenols is 1. The molecule has 0 aliphatic carbocycles. The molecule has 0 aliphatic heterocycles. The molecular formula is C18H22N2O4S. The van der Waals surface area contributed by atoms with Crippen LogP contribution in [0, 0.1) is 6.92 Å². The molecule has 2 rings (SSSR count). The summed E-state index contributed by atoms with van der Waals surface area (Å²) in [5, 5.41) is 29.1. The van der Waals surface area contributed by atoms with Gasteiger partial charge in [-0.3, -0.25) is 9.59 Å². The lowest BCUT2D eigenvalue weighted by atomic mass is 9.99. The fourth-order valence-electron chi connectivity index (χ4n) is 2.25. The van der Waals surface area contributed by atoms with Crippen molar-refractivity contribution in [3.63, 3.8) is 0 Å². The molecule has 0 radical (unpaired) electrons. The van der Waals surface area contributed by atoms with E-state index in [1.54, 1.807) is 13.0 Å². The largest absolute Gasteiger partial charge is 0.507 e. The van der Waals surface area contributed by atoms with Gasteiger partial charge in [0.1, 0.15) is 11.4 Å². The Morgan fingerprint density at radius 3 is 2.64 bits per heavy atom. The van der Waals surface area contributed by atoms with E-state index in [9.17, 15) is 19.8 Å². The van der Waals surface area contributed by atoms with E-state index in [2.05, 4.69) is 10.6 Å². The average molecular weight is 362 g/mol. The summed E-state index contributed by atoms with van der Waals surface area (Å²) >= 11 is 1.48. The summed E-state index contributed by atoms with van der Waals surface area (Å²) in [6.45, 7) is 3.68. The van der Waals surface area contributed by atoms with Crippen molar-refractivity contribution >= 4 is 23.2 Å². The van der Waals surface area contributed by atoms with Gasteiger partial charge >= 0.3 is 0 Å². The van der Waals surface area contributed by atoms with Crippen LogP contribution >= 0.6 is 11.3 Å². The van der Waals surface area contributed by atoms with Gasteiger partial charge in [0, 0.05) is 13.0 Å². The highest BCUT2D eigenvalue weighted by Crippen LogP contribution is 2.22. The maximum Gasteiger partial charge on any atom is 0.255 e. The number of hydrogen-bond donors (Lipinski definition) is 4. The number of aromatic hydroxyl groups is 1. The van der Waals surface area contributed by atoms with Crippen LogP contribution in [-0.4, -0.2) is 35.1 Å². The van der Waals surface area contributed by atoms with Crippen LogP contribution in [0.3, 0.4) is 0 Å². The first-order chi connectivity index (χ1) is 11.8. The maximum absolute atomic E-state index is 12.0. The van der Waals surface area contributed by atoms with E-state index in [0.717, 1.165) is 11.1 Å². The summed E-state index contributed by atoms with van der Waals surface area (Å²) in [7, 11) is 0. The Kier molecular flexibility index (Phi) is 6.17. The first-order valence-electron chi connectivity index (χ1n) is 7.89. The van der Waals surface area contributed by atoms with Gasteiger partial charge in [-0.25, -0.2) is 0 Å². The Labute approximate surface area is 150 Å². The molecule has 1 heterocycles. The second kappa shape index (κ2) is 8.13. The van der Waals surface area contributed by atoms with Crippen LogP contribution < -0.4 is 10.6 Å².